The Morgan fingerprint density at radius 1 is 1.04 bits per heavy atom. The Morgan fingerprint density at radius 3 is 2.38 bits per heavy atom. The second kappa shape index (κ2) is 6.07. The molecule has 0 aliphatic carbocycles. The van der Waals surface area contributed by atoms with Crippen LogP contribution < -0.4 is 4.74 Å². The Hall–Kier alpha value is -3.29. The highest BCUT2D eigenvalue weighted by molar-refractivity contribution is 6.21. The predicted molar refractivity (Wildman–Crippen MR) is 80.4 cm³/mol. The number of carbonyl (C=O) groups excluding carboxylic acids is 2. The quantitative estimate of drug-likeness (QED) is 0.477. The molecule has 0 N–H and O–H groups in total. The van der Waals surface area contributed by atoms with Gasteiger partial charge in [-0.25, -0.2) is 4.39 Å². The normalized spacial score (nSPS) is 13.1. The van der Waals surface area contributed by atoms with Gasteiger partial charge < -0.3 is 4.74 Å². The largest absolute Gasteiger partial charge is 0.492 e. The maximum atomic E-state index is 12.8. The highest BCUT2D eigenvalue weighted by Gasteiger charge is 2.36. The van der Waals surface area contributed by atoms with E-state index in [2.05, 4.69) is 0 Å². The van der Waals surface area contributed by atoms with Gasteiger partial charge in [0, 0.05) is 12.1 Å². The summed E-state index contributed by atoms with van der Waals surface area (Å²) in [5.41, 5.74) is -0.109. The molecule has 0 bridgehead atoms. The Morgan fingerprint density at radius 2 is 1.71 bits per heavy atom. The van der Waals surface area contributed by atoms with E-state index in [4.69, 9.17) is 4.74 Å². The number of rotatable bonds is 5. The maximum Gasteiger partial charge on any atom is 0.270 e. The van der Waals surface area contributed by atoms with Gasteiger partial charge in [-0.1, -0.05) is 0 Å². The van der Waals surface area contributed by atoms with Crippen LogP contribution in [-0.2, 0) is 0 Å². The minimum absolute atomic E-state index is 0.0102. The third kappa shape index (κ3) is 2.81. The molecule has 0 aromatic heterocycles. The molecule has 122 valence electrons. The van der Waals surface area contributed by atoms with Gasteiger partial charge in [-0.3, -0.25) is 24.6 Å². The first-order valence-electron chi connectivity index (χ1n) is 7.00. The fourth-order valence-corrected chi connectivity index (χ4v) is 2.38. The number of nitro benzene ring substituents is 1. The summed E-state index contributed by atoms with van der Waals surface area (Å²) >= 11 is 0. The average Bonchev–Trinajstić information content (AvgIpc) is 2.81. The van der Waals surface area contributed by atoms with Crippen LogP contribution >= 0.6 is 0 Å². The molecule has 2 aromatic rings. The third-order valence-corrected chi connectivity index (χ3v) is 3.56. The van der Waals surface area contributed by atoms with Gasteiger partial charge in [0.1, 0.15) is 18.2 Å². The number of non-ortho nitro benzene ring substituents is 1. The van der Waals surface area contributed by atoms with Crippen molar-refractivity contribution in [1.82, 2.24) is 4.90 Å². The lowest BCUT2D eigenvalue weighted by Crippen LogP contribution is -2.33. The molecule has 8 heteroatoms. The number of nitrogens with zero attached hydrogens (tertiary/aromatic N) is 2. The van der Waals surface area contributed by atoms with E-state index >= 15 is 0 Å². The minimum atomic E-state index is -0.627. The number of hydrogen-bond donors (Lipinski definition) is 0. The van der Waals surface area contributed by atoms with Gasteiger partial charge in [-0.15, -0.1) is 0 Å². The molecule has 2 amide bonds. The maximum absolute atomic E-state index is 12.8. The second-order valence-corrected chi connectivity index (χ2v) is 5.05. The van der Waals surface area contributed by atoms with Crippen LogP contribution in [0.1, 0.15) is 20.7 Å². The molecule has 0 atom stereocenters. The number of benzene rings is 2. The van der Waals surface area contributed by atoms with E-state index in [9.17, 15) is 24.1 Å². The second-order valence-electron chi connectivity index (χ2n) is 5.05. The van der Waals surface area contributed by atoms with E-state index in [1.807, 2.05) is 0 Å². The van der Waals surface area contributed by atoms with Crippen molar-refractivity contribution in [2.24, 2.45) is 0 Å². The lowest BCUT2D eigenvalue weighted by molar-refractivity contribution is -0.384. The fraction of sp³-hybridized carbons (Fsp3) is 0.125. The molecule has 1 heterocycles. The number of nitro groups is 1. The van der Waals surface area contributed by atoms with E-state index < -0.39 is 22.6 Å². The molecule has 0 radical (unpaired) electrons. The Kier molecular flexibility index (Phi) is 3.95. The zero-order valence-electron chi connectivity index (χ0n) is 12.3. The van der Waals surface area contributed by atoms with Crippen LogP contribution in [0.3, 0.4) is 0 Å². The van der Waals surface area contributed by atoms with Crippen molar-refractivity contribution < 1.29 is 23.6 Å². The van der Waals surface area contributed by atoms with Crippen molar-refractivity contribution in [1.29, 1.82) is 0 Å². The van der Waals surface area contributed by atoms with Gasteiger partial charge in [-0.05, 0) is 30.3 Å². The van der Waals surface area contributed by atoms with E-state index in [0.717, 1.165) is 11.0 Å². The Balaban J connectivity index is 1.69. The van der Waals surface area contributed by atoms with E-state index in [1.165, 1.54) is 36.4 Å². The van der Waals surface area contributed by atoms with Crippen LogP contribution in [0.25, 0.3) is 0 Å². The summed E-state index contributed by atoms with van der Waals surface area (Å²) in [5, 5.41) is 10.8. The average molecular weight is 330 g/mol. The SMILES string of the molecule is O=C1c2ccc([N+](=O)[O-])cc2C(=O)N1CCOc1ccc(F)cc1. The molecular weight excluding hydrogens is 319 g/mol. The van der Waals surface area contributed by atoms with Crippen molar-refractivity contribution in [3.05, 3.63) is 69.5 Å². The van der Waals surface area contributed by atoms with E-state index in [-0.39, 0.29) is 30.0 Å². The number of imide groups is 1. The summed E-state index contributed by atoms with van der Waals surface area (Å²) in [6, 6.07) is 8.88. The number of amides is 2. The van der Waals surface area contributed by atoms with E-state index in [1.54, 1.807) is 0 Å². The molecule has 2 aromatic carbocycles. The van der Waals surface area contributed by atoms with Crippen molar-refractivity contribution in [2.45, 2.75) is 0 Å². The first-order valence-corrected chi connectivity index (χ1v) is 7.00. The van der Waals surface area contributed by atoms with Gasteiger partial charge >= 0.3 is 0 Å². The van der Waals surface area contributed by atoms with Gasteiger partial charge in [0.05, 0.1) is 22.6 Å². The van der Waals surface area contributed by atoms with Crippen molar-refractivity contribution in [2.75, 3.05) is 13.2 Å². The Bertz CT molecular complexity index is 835. The molecule has 0 saturated heterocycles. The highest BCUT2D eigenvalue weighted by Crippen LogP contribution is 2.26. The highest BCUT2D eigenvalue weighted by atomic mass is 19.1. The van der Waals surface area contributed by atoms with Crippen LogP contribution in [-0.4, -0.2) is 34.8 Å². The summed E-state index contributed by atoms with van der Waals surface area (Å²) in [4.78, 5) is 35.6. The molecule has 0 fully saturated rings. The number of hydrogen-bond acceptors (Lipinski definition) is 5. The predicted octanol–water partition coefficient (Wildman–Crippen LogP) is 2.41. The summed E-state index contributed by atoms with van der Waals surface area (Å²) in [5.74, 6) is -1.11. The van der Waals surface area contributed by atoms with Crippen molar-refractivity contribution >= 4 is 17.5 Å². The van der Waals surface area contributed by atoms with E-state index in [0.29, 0.717) is 5.75 Å². The Labute approximate surface area is 135 Å². The monoisotopic (exact) mass is 330 g/mol. The smallest absolute Gasteiger partial charge is 0.270 e. The lowest BCUT2D eigenvalue weighted by atomic mass is 10.1. The van der Waals surface area contributed by atoms with Crippen molar-refractivity contribution in [3.8, 4) is 5.75 Å². The summed E-state index contributed by atoms with van der Waals surface area (Å²) in [7, 11) is 0. The van der Waals surface area contributed by atoms with Crippen LogP contribution in [0.5, 0.6) is 5.75 Å². The molecule has 24 heavy (non-hydrogen) atoms. The fourth-order valence-electron chi connectivity index (χ4n) is 2.38. The standard InChI is InChI=1S/C16H11FN2O5/c17-10-1-4-12(5-2-10)24-8-7-18-15(20)13-6-3-11(19(22)23)9-14(13)16(18)21/h1-6,9H,7-8H2. The molecule has 0 unspecified atom stereocenters. The van der Waals surface area contributed by atoms with Crippen LogP contribution in [0.2, 0.25) is 0 Å². The van der Waals surface area contributed by atoms with Crippen LogP contribution in [0.15, 0.2) is 42.5 Å². The lowest BCUT2D eigenvalue weighted by Gasteiger charge is -2.14. The molecule has 1 aliphatic heterocycles. The molecule has 0 spiro atoms. The number of ether oxygens (including phenoxy) is 1. The molecule has 3 rings (SSSR count). The molecule has 1 aliphatic rings. The van der Waals surface area contributed by atoms with Gasteiger partial charge in [0.2, 0.25) is 0 Å². The van der Waals surface area contributed by atoms with Gasteiger partial charge in [0.25, 0.3) is 17.5 Å². The summed E-state index contributed by atoms with van der Waals surface area (Å²) in [6.07, 6.45) is 0. The first kappa shape index (κ1) is 15.6. The zero-order valence-corrected chi connectivity index (χ0v) is 12.3. The minimum Gasteiger partial charge on any atom is -0.492 e. The first-order chi connectivity index (χ1) is 11.5. The van der Waals surface area contributed by atoms with Gasteiger partial charge in [-0.2, -0.15) is 0 Å². The zero-order chi connectivity index (χ0) is 17.3. The summed E-state index contributed by atoms with van der Waals surface area (Å²) < 4.78 is 18.2. The van der Waals surface area contributed by atoms with Crippen LogP contribution in [0, 0.1) is 15.9 Å². The van der Waals surface area contributed by atoms with Gasteiger partial charge in [0.15, 0.2) is 0 Å². The van der Waals surface area contributed by atoms with Crippen LogP contribution in [0.4, 0.5) is 10.1 Å². The number of fused-ring (bicyclic) bond motifs is 1. The molecular formula is C16H11FN2O5. The molecule has 7 nitrogen and oxygen atoms in total. The topological polar surface area (TPSA) is 89.8 Å². The molecule has 0 saturated carbocycles. The number of halogens is 1. The van der Waals surface area contributed by atoms with Crippen molar-refractivity contribution in [3.63, 3.8) is 0 Å². The third-order valence-electron chi connectivity index (χ3n) is 3.56. The number of carbonyl (C=O) groups is 2. The summed E-state index contributed by atoms with van der Waals surface area (Å²) in [6.45, 7) is 0.0106.